The van der Waals surface area contributed by atoms with Crippen molar-refractivity contribution in [3.63, 3.8) is 0 Å². The van der Waals surface area contributed by atoms with Crippen molar-refractivity contribution in [1.82, 2.24) is 14.5 Å². The summed E-state index contributed by atoms with van der Waals surface area (Å²) in [6, 6.07) is 7.81. The third-order valence-corrected chi connectivity index (χ3v) is 7.12. The summed E-state index contributed by atoms with van der Waals surface area (Å²) in [7, 11) is 0. The summed E-state index contributed by atoms with van der Waals surface area (Å²) in [5.41, 5.74) is 1.71. The zero-order valence-corrected chi connectivity index (χ0v) is 16.1. The van der Waals surface area contributed by atoms with Gasteiger partial charge in [0.2, 0.25) is 5.91 Å². The van der Waals surface area contributed by atoms with Gasteiger partial charge < -0.3 is 5.32 Å². The van der Waals surface area contributed by atoms with Crippen molar-refractivity contribution >= 4 is 16.9 Å². The molecule has 27 heavy (non-hydrogen) atoms. The number of fused-ring (bicyclic) bond motifs is 1. The number of nitrogens with zero attached hydrogens (tertiary/aromatic N) is 2. The van der Waals surface area contributed by atoms with Crippen LogP contribution in [0.4, 0.5) is 0 Å². The smallest absolute Gasteiger partial charge is 0.329 e. The van der Waals surface area contributed by atoms with Gasteiger partial charge in [-0.15, -0.1) is 0 Å². The number of nitrogens with one attached hydrogen (secondary N) is 1. The van der Waals surface area contributed by atoms with Gasteiger partial charge in [0.1, 0.15) is 6.54 Å². The Morgan fingerprint density at radius 3 is 2.15 bits per heavy atom. The maximum atomic E-state index is 13.0. The molecular weight excluding hydrogens is 338 g/mol. The molecular formula is C22H29N3O2. The first-order valence-corrected chi connectivity index (χ1v) is 10.6. The SMILES string of the molecule is CCCn1c(=O)n(CC(=O)NC23CC4CC(CC(C4)C2)C3)c2ccccc21. The molecule has 1 N–H and O–H groups in total. The van der Waals surface area contributed by atoms with E-state index in [0.29, 0.717) is 6.54 Å². The van der Waals surface area contributed by atoms with Crippen LogP contribution in [0.3, 0.4) is 0 Å². The zero-order chi connectivity index (χ0) is 18.6. The third-order valence-electron chi connectivity index (χ3n) is 7.12. The molecule has 0 saturated heterocycles. The van der Waals surface area contributed by atoms with Crippen LogP contribution in [-0.4, -0.2) is 20.6 Å². The van der Waals surface area contributed by atoms with Gasteiger partial charge in [-0.3, -0.25) is 13.9 Å². The quantitative estimate of drug-likeness (QED) is 0.882. The van der Waals surface area contributed by atoms with Crippen LogP contribution in [0.5, 0.6) is 0 Å². The maximum Gasteiger partial charge on any atom is 0.329 e. The molecule has 5 heteroatoms. The first-order chi connectivity index (χ1) is 13.1. The van der Waals surface area contributed by atoms with Crippen molar-refractivity contribution in [1.29, 1.82) is 0 Å². The number of aryl methyl sites for hydroxylation is 1. The minimum Gasteiger partial charge on any atom is -0.349 e. The lowest BCUT2D eigenvalue weighted by Gasteiger charge is -2.56. The van der Waals surface area contributed by atoms with E-state index < -0.39 is 0 Å². The Kier molecular flexibility index (Phi) is 3.95. The second-order valence-corrected chi connectivity index (χ2v) is 9.26. The molecule has 6 rings (SSSR count). The second-order valence-electron chi connectivity index (χ2n) is 9.26. The van der Waals surface area contributed by atoms with Crippen LogP contribution in [0.2, 0.25) is 0 Å². The largest absolute Gasteiger partial charge is 0.349 e. The highest BCUT2D eigenvalue weighted by atomic mass is 16.2. The molecule has 4 saturated carbocycles. The molecule has 1 aromatic heterocycles. The number of hydrogen-bond donors (Lipinski definition) is 1. The molecule has 144 valence electrons. The summed E-state index contributed by atoms with van der Waals surface area (Å²) in [5.74, 6) is 2.39. The zero-order valence-electron chi connectivity index (χ0n) is 16.1. The summed E-state index contributed by atoms with van der Waals surface area (Å²) in [6.45, 7) is 2.87. The summed E-state index contributed by atoms with van der Waals surface area (Å²) >= 11 is 0. The highest BCUT2D eigenvalue weighted by Gasteiger charge is 2.51. The van der Waals surface area contributed by atoms with Gasteiger partial charge in [-0.1, -0.05) is 19.1 Å². The van der Waals surface area contributed by atoms with Gasteiger partial charge in [0.05, 0.1) is 11.0 Å². The lowest BCUT2D eigenvalue weighted by Crippen LogP contribution is -2.60. The number of benzene rings is 1. The lowest BCUT2D eigenvalue weighted by atomic mass is 9.53. The van der Waals surface area contributed by atoms with Crippen LogP contribution in [0.15, 0.2) is 29.1 Å². The van der Waals surface area contributed by atoms with Crippen molar-refractivity contribution in [3.8, 4) is 0 Å². The second kappa shape index (κ2) is 6.25. The average molecular weight is 367 g/mol. The van der Waals surface area contributed by atoms with Gasteiger partial charge in [-0.05, 0) is 74.8 Å². The number of hydrogen-bond acceptors (Lipinski definition) is 2. The van der Waals surface area contributed by atoms with Crippen molar-refractivity contribution in [2.45, 2.75) is 70.5 Å². The van der Waals surface area contributed by atoms with Gasteiger partial charge in [-0.25, -0.2) is 4.79 Å². The normalized spacial score (nSPS) is 31.5. The highest BCUT2D eigenvalue weighted by Crippen LogP contribution is 2.55. The van der Waals surface area contributed by atoms with E-state index in [0.717, 1.165) is 54.5 Å². The Balaban J connectivity index is 1.40. The number of para-hydroxylation sites is 2. The van der Waals surface area contributed by atoms with E-state index in [-0.39, 0.29) is 23.7 Å². The molecule has 1 heterocycles. The molecule has 0 unspecified atom stereocenters. The molecule has 4 aliphatic carbocycles. The van der Waals surface area contributed by atoms with Gasteiger partial charge >= 0.3 is 5.69 Å². The number of imidazole rings is 1. The molecule has 4 bridgehead atoms. The third kappa shape index (κ3) is 2.82. The molecule has 5 nitrogen and oxygen atoms in total. The van der Waals surface area contributed by atoms with Crippen LogP contribution in [-0.2, 0) is 17.9 Å². The van der Waals surface area contributed by atoms with Crippen LogP contribution in [0, 0.1) is 17.8 Å². The first kappa shape index (κ1) is 17.1. The standard InChI is InChI=1S/C22H29N3O2/c1-2-7-24-18-5-3-4-6-19(18)25(21(24)27)14-20(26)23-22-11-15-8-16(12-22)10-17(9-15)13-22/h3-6,15-17H,2,7-14H2,1H3,(H,23,26). The lowest BCUT2D eigenvalue weighted by molar-refractivity contribution is -0.127. The Labute approximate surface area is 159 Å². The summed E-state index contributed by atoms with van der Waals surface area (Å²) in [4.78, 5) is 25.9. The monoisotopic (exact) mass is 367 g/mol. The van der Waals surface area contributed by atoms with E-state index in [1.54, 1.807) is 9.13 Å². The average Bonchev–Trinajstić information content (AvgIpc) is 2.86. The summed E-state index contributed by atoms with van der Waals surface area (Å²) in [6.07, 6.45) is 8.39. The topological polar surface area (TPSA) is 56.0 Å². The summed E-state index contributed by atoms with van der Waals surface area (Å²) in [5, 5.41) is 3.40. The minimum absolute atomic E-state index is 0.00143. The van der Waals surface area contributed by atoms with Crippen molar-refractivity contribution in [2.24, 2.45) is 17.8 Å². The van der Waals surface area contributed by atoms with Crippen molar-refractivity contribution < 1.29 is 4.79 Å². The molecule has 1 amide bonds. The number of carbonyl (C=O) groups excluding carboxylic acids is 1. The maximum absolute atomic E-state index is 13.0. The Hall–Kier alpha value is -2.04. The number of amides is 1. The van der Waals surface area contributed by atoms with Crippen molar-refractivity contribution in [2.75, 3.05) is 0 Å². The molecule has 0 aliphatic heterocycles. The summed E-state index contributed by atoms with van der Waals surface area (Å²) < 4.78 is 3.45. The highest BCUT2D eigenvalue weighted by molar-refractivity contribution is 5.81. The predicted molar refractivity (Wildman–Crippen MR) is 106 cm³/mol. The molecule has 0 atom stereocenters. The van der Waals surface area contributed by atoms with Gasteiger partial charge in [0.15, 0.2) is 0 Å². The fourth-order valence-electron chi connectivity index (χ4n) is 6.61. The Morgan fingerprint density at radius 1 is 1.04 bits per heavy atom. The van der Waals surface area contributed by atoms with E-state index in [9.17, 15) is 9.59 Å². The first-order valence-electron chi connectivity index (χ1n) is 10.6. The van der Waals surface area contributed by atoms with Crippen LogP contribution >= 0.6 is 0 Å². The van der Waals surface area contributed by atoms with E-state index in [1.807, 2.05) is 24.3 Å². The Morgan fingerprint density at radius 2 is 1.59 bits per heavy atom. The number of carbonyl (C=O) groups is 1. The van der Waals surface area contributed by atoms with Crippen LogP contribution in [0.1, 0.15) is 51.9 Å². The fraction of sp³-hybridized carbons (Fsp3) is 0.636. The number of aromatic nitrogens is 2. The van der Waals surface area contributed by atoms with Crippen LogP contribution in [0.25, 0.3) is 11.0 Å². The van der Waals surface area contributed by atoms with E-state index in [2.05, 4.69) is 12.2 Å². The number of rotatable bonds is 5. The molecule has 1 aromatic carbocycles. The van der Waals surface area contributed by atoms with Crippen molar-refractivity contribution in [3.05, 3.63) is 34.7 Å². The van der Waals surface area contributed by atoms with E-state index in [4.69, 9.17) is 0 Å². The van der Waals surface area contributed by atoms with Gasteiger partial charge in [0, 0.05) is 12.1 Å². The Bertz CT molecular complexity index is 903. The van der Waals surface area contributed by atoms with Gasteiger partial charge in [0.25, 0.3) is 0 Å². The minimum atomic E-state index is -0.0706. The predicted octanol–water partition coefficient (Wildman–Crippen LogP) is 3.30. The van der Waals surface area contributed by atoms with E-state index >= 15 is 0 Å². The molecule has 0 radical (unpaired) electrons. The van der Waals surface area contributed by atoms with E-state index in [1.165, 1.54) is 19.3 Å². The van der Waals surface area contributed by atoms with Gasteiger partial charge in [-0.2, -0.15) is 0 Å². The molecule has 2 aromatic rings. The molecule has 0 spiro atoms. The molecule has 4 aliphatic rings. The molecule has 4 fully saturated rings. The van der Waals surface area contributed by atoms with Crippen LogP contribution < -0.4 is 11.0 Å². The fourth-order valence-corrected chi connectivity index (χ4v) is 6.61.